The highest BCUT2D eigenvalue weighted by molar-refractivity contribution is 5.16. The molecule has 1 rings (SSSR count). The van der Waals surface area contributed by atoms with Crippen molar-refractivity contribution in [1.29, 1.82) is 0 Å². The van der Waals surface area contributed by atoms with E-state index < -0.39 is 0 Å². The Morgan fingerprint density at radius 2 is 1.93 bits per heavy atom. The van der Waals surface area contributed by atoms with Crippen LogP contribution in [-0.2, 0) is 6.54 Å². The molecule has 0 unspecified atom stereocenters. The normalized spacial score (nSPS) is 10.9. The lowest BCUT2D eigenvalue weighted by Crippen LogP contribution is -2.31. The van der Waals surface area contributed by atoms with Gasteiger partial charge in [-0.1, -0.05) is 32.0 Å². The Kier molecular flexibility index (Phi) is 5.29. The summed E-state index contributed by atoms with van der Waals surface area (Å²) in [4.78, 5) is 0. The standard InChI is InChI=1S/C12H19FN2/c1-10(2)15-8-7-14-9-11-5-3-4-6-12(11)13/h3-6,10,14-15H,7-9H2,1-2H3. The van der Waals surface area contributed by atoms with Crippen LogP contribution >= 0.6 is 0 Å². The lowest BCUT2D eigenvalue weighted by molar-refractivity contribution is 0.544. The van der Waals surface area contributed by atoms with Crippen LogP contribution in [0.2, 0.25) is 0 Å². The highest BCUT2D eigenvalue weighted by Crippen LogP contribution is 2.04. The Morgan fingerprint density at radius 3 is 2.60 bits per heavy atom. The van der Waals surface area contributed by atoms with E-state index in [-0.39, 0.29) is 5.82 Å². The van der Waals surface area contributed by atoms with Gasteiger partial charge >= 0.3 is 0 Å². The number of rotatable bonds is 6. The van der Waals surface area contributed by atoms with E-state index in [1.807, 2.05) is 6.07 Å². The molecule has 0 aliphatic heterocycles. The SMILES string of the molecule is CC(C)NCCNCc1ccccc1F. The van der Waals surface area contributed by atoms with Gasteiger partial charge in [-0.15, -0.1) is 0 Å². The molecule has 2 nitrogen and oxygen atoms in total. The first-order valence-electron chi connectivity index (χ1n) is 5.37. The fraction of sp³-hybridized carbons (Fsp3) is 0.500. The topological polar surface area (TPSA) is 24.1 Å². The Labute approximate surface area is 90.9 Å². The van der Waals surface area contributed by atoms with Crippen molar-refractivity contribution in [2.45, 2.75) is 26.4 Å². The van der Waals surface area contributed by atoms with Gasteiger partial charge < -0.3 is 10.6 Å². The van der Waals surface area contributed by atoms with E-state index in [0.29, 0.717) is 12.6 Å². The second kappa shape index (κ2) is 6.53. The van der Waals surface area contributed by atoms with E-state index in [0.717, 1.165) is 18.7 Å². The van der Waals surface area contributed by atoms with Crippen molar-refractivity contribution in [3.63, 3.8) is 0 Å². The minimum atomic E-state index is -0.137. The van der Waals surface area contributed by atoms with Crippen LogP contribution < -0.4 is 10.6 Å². The smallest absolute Gasteiger partial charge is 0.127 e. The maximum Gasteiger partial charge on any atom is 0.127 e. The third-order valence-corrected chi connectivity index (χ3v) is 2.13. The van der Waals surface area contributed by atoms with Gasteiger partial charge in [0, 0.05) is 31.2 Å². The Hall–Kier alpha value is -0.930. The number of benzene rings is 1. The van der Waals surface area contributed by atoms with Gasteiger partial charge in [-0.05, 0) is 6.07 Å². The van der Waals surface area contributed by atoms with Crippen LogP contribution in [0.5, 0.6) is 0 Å². The summed E-state index contributed by atoms with van der Waals surface area (Å²) in [5.41, 5.74) is 0.724. The highest BCUT2D eigenvalue weighted by Gasteiger charge is 1.98. The van der Waals surface area contributed by atoms with Crippen LogP contribution in [0.25, 0.3) is 0 Å². The summed E-state index contributed by atoms with van der Waals surface area (Å²) in [7, 11) is 0. The molecule has 0 atom stereocenters. The van der Waals surface area contributed by atoms with E-state index in [1.54, 1.807) is 12.1 Å². The number of halogens is 1. The summed E-state index contributed by atoms with van der Waals surface area (Å²) in [6.07, 6.45) is 0. The predicted molar refractivity (Wildman–Crippen MR) is 61.2 cm³/mol. The van der Waals surface area contributed by atoms with Gasteiger partial charge in [0.05, 0.1) is 0 Å². The lowest BCUT2D eigenvalue weighted by Gasteiger charge is -2.09. The van der Waals surface area contributed by atoms with Gasteiger partial charge in [0.15, 0.2) is 0 Å². The zero-order valence-electron chi connectivity index (χ0n) is 9.39. The molecule has 0 amide bonds. The zero-order valence-corrected chi connectivity index (χ0v) is 9.39. The maximum absolute atomic E-state index is 13.2. The van der Waals surface area contributed by atoms with Gasteiger partial charge in [-0.2, -0.15) is 0 Å². The summed E-state index contributed by atoms with van der Waals surface area (Å²) >= 11 is 0. The molecule has 15 heavy (non-hydrogen) atoms. The molecule has 1 aromatic rings. The van der Waals surface area contributed by atoms with E-state index in [2.05, 4.69) is 24.5 Å². The van der Waals surface area contributed by atoms with Gasteiger partial charge in [0.25, 0.3) is 0 Å². The number of hydrogen-bond donors (Lipinski definition) is 2. The molecule has 0 spiro atoms. The largest absolute Gasteiger partial charge is 0.313 e. The van der Waals surface area contributed by atoms with E-state index in [4.69, 9.17) is 0 Å². The Morgan fingerprint density at radius 1 is 1.20 bits per heavy atom. The molecule has 0 aliphatic carbocycles. The molecule has 0 bridgehead atoms. The predicted octanol–water partition coefficient (Wildman–Crippen LogP) is 1.91. The first-order chi connectivity index (χ1) is 7.20. The van der Waals surface area contributed by atoms with Crippen LogP contribution in [0.4, 0.5) is 4.39 Å². The van der Waals surface area contributed by atoms with Gasteiger partial charge in [0.1, 0.15) is 5.82 Å². The van der Waals surface area contributed by atoms with Crippen molar-refractivity contribution in [2.75, 3.05) is 13.1 Å². The molecule has 0 saturated heterocycles. The quantitative estimate of drug-likeness (QED) is 0.701. The molecular weight excluding hydrogens is 191 g/mol. The van der Waals surface area contributed by atoms with Crippen molar-refractivity contribution in [3.05, 3.63) is 35.6 Å². The average Bonchev–Trinajstić information content (AvgIpc) is 2.20. The van der Waals surface area contributed by atoms with Crippen LogP contribution in [-0.4, -0.2) is 19.1 Å². The van der Waals surface area contributed by atoms with E-state index >= 15 is 0 Å². The molecule has 2 N–H and O–H groups in total. The molecule has 3 heteroatoms. The maximum atomic E-state index is 13.2. The first-order valence-corrected chi connectivity index (χ1v) is 5.37. The summed E-state index contributed by atoms with van der Waals surface area (Å²) in [6.45, 7) is 6.57. The van der Waals surface area contributed by atoms with E-state index in [1.165, 1.54) is 6.07 Å². The third kappa shape index (κ3) is 4.91. The summed E-state index contributed by atoms with van der Waals surface area (Å²) < 4.78 is 13.2. The second-order valence-electron chi connectivity index (χ2n) is 3.88. The fourth-order valence-corrected chi connectivity index (χ4v) is 1.31. The lowest BCUT2D eigenvalue weighted by atomic mass is 10.2. The zero-order chi connectivity index (χ0) is 11.1. The molecular formula is C12H19FN2. The van der Waals surface area contributed by atoms with Crippen molar-refractivity contribution in [1.82, 2.24) is 10.6 Å². The minimum absolute atomic E-state index is 0.137. The van der Waals surface area contributed by atoms with Crippen LogP contribution in [0.3, 0.4) is 0 Å². The highest BCUT2D eigenvalue weighted by atomic mass is 19.1. The van der Waals surface area contributed by atoms with Crippen molar-refractivity contribution in [3.8, 4) is 0 Å². The number of hydrogen-bond acceptors (Lipinski definition) is 2. The van der Waals surface area contributed by atoms with Gasteiger partial charge in [-0.25, -0.2) is 4.39 Å². The summed E-state index contributed by atoms with van der Waals surface area (Å²) in [5, 5.41) is 6.49. The second-order valence-corrected chi connectivity index (χ2v) is 3.88. The van der Waals surface area contributed by atoms with Gasteiger partial charge in [-0.3, -0.25) is 0 Å². The molecule has 0 heterocycles. The molecule has 1 aromatic carbocycles. The first kappa shape index (κ1) is 12.1. The molecule has 0 radical (unpaired) electrons. The van der Waals surface area contributed by atoms with Crippen molar-refractivity contribution < 1.29 is 4.39 Å². The minimum Gasteiger partial charge on any atom is -0.313 e. The fourth-order valence-electron chi connectivity index (χ4n) is 1.31. The molecule has 0 fully saturated rings. The average molecular weight is 210 g/mol. The van der Waals surface area contributed by atoms with E-state index in [9.17, 15) is 4.39 Å². The van der Waals surface area contributed by atoms with Crippen molar-refractivity contribution in [2.24, 2.45) is 0 Å². The summed E-state index contributed by atoms with van der Waals surface area (Å²) in [5.74, 6) is -0.137. The molecule has 0 aromatic heterocycles. The number of nitrogens with one attached hydrogen (secondary N) is 2. The molecule has 84 valence electrons. The third-order valence-electron chi connectivity index (χ3n) is 2.13. The Balaban J connectivity index is 2.18. The van der Waals surface area contributed by atoms with Crippen LogP contribution in [0, 0.1) is 5.82 Å². The van der Waals surface area contributed by atoms with Crippen molar-refractivity contribution >= 4 is 0 Å². The van der Waals surface area contributed by atoms with Crippen LogP contribution in [0.1, 0.15) is 19.4 Å². The Bertz CT molecular complexity index is 287. The van der Waals surface area contributed by atoms with Crippen LogP contribution in [0.15, 0.2) is 24.3 Å². The molecule has 0 aliphatic rings. The monoisotopic (exact) mass is 210 g/mol. The summed E-state index contributed by atoms with van der Waals surface area (Å²) in [6, 6.07) is 7.35. The molecule has 0 saturated carbocycles. The van der Waals surface area contributed by atoms with Gasteiger partial charge in [0.2, 0.25) is 0 Å².